The summed E-state index contributed by atoms with van der Waals surface area (Å²) < 4.78 is 14.6. The Kier molecular flexibility index (Phi) is 9.05. The Labute approximate surface area is 227 Å². The van der Waals surface area contributed by atoms with Gasteiger partial charge in [-0.1, -0.05) is 62.1 Å². The average Bonchev–Trinajstić information content (AvgIpc) is 2.80. The van der Waals surface area contributed by atoms with Gasteiger partial charge in [0.1, 0.15) is 10.8 Å². The van der Waals surface area contributed by atoms with Crippen molar-refractivity contribution in [3.05, 3.63) is 60.0 Å². The van der Waals surface area contributed by atoms with Gasteiger partial charge >= 0.3 is 0 Å². The molecule has 0 radical (unpaired) electrons. The third kappa shape index (κ3) is 6.46. The van der Waals surface area contributed by atoms with Crippen molar-refractivity contribution in [3.8, 4) is 11.5 Å². The summed E-state index contributed by atoms with van der Waals surface area (Å²) >= 11 is 13.7. The average molecular weight is 628 g/mol. The first-order valence-corrected chi connectivity index (χ1v) is 13.5. The lowest BCUT2D eigenvalue weighted by Gasteiger charge is -2.22. The zero-order valence-electron chi connectivity index (χ0n) is 20.8. The van der Waals surface area contributed by atoms with E-state index < -0.39 is 0 Å². The molecule has 0 N–H and O–H groups in total. The van der Waals surface area contributed by atoms with Crippen molar-refractivity contribution in [1.29, 1.82) is 0 Å². The highest BCUT2D eigenvalue weighted by Gasteiger charge is 2.21. The van der Waals surface area contributed by atoms with Gasteiger partial charge in [0.05, 0.1) is 30.3 Å². The molecule has 0 amide bonds. The molecule has 0 spiro atoms. The molecule has 1 heterocycles. The molecule has 0 saturated carbocycles. The summed E-state index contributed by atoms with van der Waals surface area (Å²) in [7, 11) is 0. The van der Waals surface area contributed by atoms with E-state index >= 15 is 0 Å². The van der Waals surface area contributed by atoms with E-state index in [0.717, 1.165) is 10.9 Å². The molecule has 0 fully saturated rings. The monoisotopic (exact) mass is 625 g/mol. The summed E-state index contributed by atoms with van der Waals surface area (Å²) in [6, 6.07) is 7.28. The molecule has 1 aromatic heterocycles. The lowest BCUT2D eigenvalue weighted by molar-refractivity contribution is 0.188. The Morgan fingerprint density at radius 2 is 1.91 bits per heavy atom. The first-order valence-electron chi connectivity index (χ1n) is 11.5. The fourth-order valence-electron chi connectivity index (χ4n) is 3.28. The lowest BCUT2D eigenvalue weighted by Crippen LogP contribution is -2.23. The van der Waals surface area contributed by atoms with E-state index in [0.29, 0.717) is 56.5 Å². The summed E-state index contributed by atoms with van der Waals surface area (Å²) in [6.45, 7) is 13.1. The van der Waals surface area contributed by atoms with Crippen molar-refractivity contribution < 1.29 is 9.47 Å². The van der Waals surface area contributed by atoms with Gasteiger partial charge in [0.25, 0.3) is 5.56 Å². The van der Waals surface area contributed by atoms with Crippen molar-refractivity contribution in [3.63, 3.8) is 0 Å². The van der Waals surface area contributed by atoms with Crippen molar-refractivity contribution in [2.24, 2.45) is 10.5 Å². The van der Waals surface area contributed by atoms with Crippen LogP contribution in [0.4, 0.5) is 0 Å². The van der Waals surface area contributed by atoms with Crippen LogP contribution in [0.15, 0.2) is 43.1 Å². The predicted octanol–water partition coefficient (Wildman–Crippen LogP) is 7.79. The topological polar surface area (TPSA) is 65.7 Å². The number of nitrogens with zero attached hydrogens (tertiary/aromatic N) is 3. The Bertz CT molecular complexity index is 1320. The van der Waals surface area contributed by atoms with Gasteiger partial charge in [-0.25, -0.2) is 4.98 Å². The molecule has 6 nitrogen and oxygen atoms in total. The summed E-state index contributed by atoms with van der Waals surface area (Å²) in [5.41, 5.74) is 1.01. The first kappa shape index (κ1) is 27.7. The summed E-state index contributed by atoms with van der Waals surface area (Å²) in [5, 5.41) is 5.43. The van der Waals surface area contributed by atoms with Gasteiger partial charge in [-0.05, 0) is 59.0 Å². The predicted molar refractivity (Wildman–Crippen MR) is 151 cm³/mol. The third-order valence-electron chi connectivity index (χ3n) is 5.30. The maximum absolute atomic E-state index is 13.4. The van der Waals surface area contributed by atoms with Crippen LogP contribution in [0.1, 0.15) is 65.3 Å². The van der Waals surface area contributed by atoms with E-state index in [-0.39, 0.29) is 16.9 Å². The second-order valence-corrected chi connectivity index (χ2v) is 11.6. The zero-order chi connectivity index (χ0) is 25.9. The van der Waals surface area contributed by atoms with E-state index in [1.54, 1.807) is 18.3 Å². The normalized spacial score (nSPS) is 12.9. The van der Waals surface area contributed by atoms with E-state index in [9.17, 15) is 4.79 Å². The SMILES string of the molecule is CCOc1cc(C=Nn2c([C@H](C)CC)nc3ccc(Br)cc3c2=O)c(Br)c(Cl)c1OCC(C)(C)C. The maximum atomic E-state index is 13.4. The second-order valence-electron chi connectivity index (χ2n) is 9.51. The summed E-state index contributed by atoms with van der Waals surface area (Å²) in [6.07, 6.45) is 2.40. The molecular formula is C26H30Br2ClN3O3. The Hall–Kier alpha value is -1.90. The largest absolute Gasteiger partial charge is 0.490 e. The summed E-state index contributed by atoms with van der Waals surface area (Å²) in [5.74, 6) is 1.62. The molecular weight excluding hydrogens is 598 g/mol. The first-order chi connectivity index (χ1) is 16.5. The maximum Gasteiger partial charge on any atom is 0.282 e. The molecule has 0 saturated heterocycles. The van der Waals surface area contributed by atoms with Crippen molar-refractivity contribution in [1.82, 2.24) is 9.66 Å². The van der Waals surface area contributed by atoms with Crippen LogP contribution in [-0.4, -0.2) is 29.1 Å². The van der Waals surface area contributed by atoms with Crippen LogP contribution in [0.25, 0.3) is 10.9 Å². The molecule has 0 aliphatic rings. The van der Waals surface area contributed by atoms with Gasteiger partial charge in [0, 0.05) is 20.4 Å². The van der Waals surface area contributed by atoms with Crippen molar-refractivity contribution >= 4 is 60.6 Å². The Balaban J connectivity index is 2.14. The van der Waals surface area contributed by atoms with Gasteiger partial charge < -0.3 is 9.47 Å². The zero-order valence-corrected chi connectivity index (χ0v) is 24.7. The van der Waals surface area contributed by atoms with Gasteiger partial charge in [0.15, 0.2) is 11.5 Å². The molecule has 9 heteroatoms. The van der Waals surface area contributed by atoms with Crippen LogP contribution in [-0.2, 0) is 0 Å². The van der Waals surface area contributed by atoms with Crippen molar-refractivity contribution in [2.75, 3.05) is 13.2 Å². The summed E-state index contributed by atoms with van der Waals surface area (Å²) in [4.78, 5) is 18.2. The minimum atomic E-state index is -0.236. The van der Waals surface area contributed by atoms with Crippen LogP contribution in [0.5, 0.6) is 11.5 Å². The Morgan fingerprint density at radius 3 is 2.54 bits per heavy atom. The highest BCUT2D eigenvalue weighted by Crippen LogP contribution is 2.43. The fourth-order valence-corrected chi connectivity index (χ4v) is 4.30. The molecule has 0 aliphatic carbocycles. The van der Waals surface area contributed by atoms with Gasteiger partial charge in [-0.15, -0.1) is 0 Å². The number of hydrogen-bond donors (Lipinski definition) is 0. The van der Waals surface area contributed by atoms with Gasteiger partial charge in [0.2, 0.25) is 0 Å². The number of benzene rings is 2. The van der Waals surface area contributed by atoms with Crippen molar-refractivity contribution in [2.45, 2.75) is 53.9 Å². The van der Waals surface area contributed by atoms with Gasteiger partial charge in [-0.3, -0.25) is 4.79 Å². The smallest absolute Gasteiger partial charge is 0.282 e. The number of aromatic nitrogens is 2. The number of fused-ring (bicyclic) bond motifs is 1. The van der Waals surface area contributed by atoms with E-state index in [4.69, 9.17) is 26.1 Å². The lowest BCUT2D eigenvalue weighted by atomic mass is 9.99. The minimum Gasteiger partial charge on any atom is -0.490 e. The van der Waals surface area contributed by atoms with Crippen LogP contribution in [0.3, 0.4) is 0 Å². The Morgan fingerprint density at radius 1 is 1.20 bits per heavy atom. The number of hydrogen-bond acceptors (Lipinski definition) is 5. The molecule has 188 valence electrons. The fraction of sp³-hybridized carbons (Fsp3) is 0.423. The minimum absolute atomic E-state index is 0.0343. The highest BCUT2D eigenvalue weighted by molar-refractivity contribution is 9.10. The van der Waals surface area contributed by atoms with Gasteiger partial charge in [-0.2, -0.15) is 9.78 Å². The van der Waals surface area contributed by atoms with E-state index in [1.165, 1.54) is 4.68 Å². The molecule has 0 aliphatic heterocycles. The molecule has 2 aromatic carbocycles. The van der Waals surface area contributed by atoms with Crippen LogP contribution < -0.4 is 15.0 Å². The molecule has 3 aromatic rings. The molecule has 1 atom stereocenters. The number of ether oxygens (including phenoxy) is 2. The molecule has 3 rings (SSSR count). The highest BCUT2D eigenvalue weighted by atomic mass is 79.9. The third-order valence-corrected chi connectivity index (χ3v) is 7.24. The molecule has 0 unspecified atom stereocenters. The van der Waals surface area contributed by atoms with E-state index in [1.807, 2.05) is 26.0 Å². The van der Waals surface area contributed by atoms with E-state index in [2.05, 4.69) is 64.7 Å². The second kappa shape index (κ2) is 11.4. The van der Waals surface area contributed by atoms with Crippen LogP contribution in [0, 0.1) is 5.41 Å². The molecule has 0 bridgehead atoms. The van der Waals surface area contributed by atoms with Crippen LogP contribution in [0.2, 0.25) is 5.02 Å². The van der Waals surface area contributed by atoms with Crippen LogP contribution >= 0.6 is 43.5 Å². The number of rotatable bonds is 8. The quantitative estimate of drug-likeness (QED) is 0.239. The number of halogens is 3. The molecule has 35 heavy (non-hydrogen) atoms. The standard InChI is InChI=1S/C26H30Br2ClN3O3/c1-7-15(3)24-31-19-10-9-17(27)12-18(19)25(33)32(24)30-13-16-11-20(34-8-2)23(22(29)21(16)28)35-14-26(4,5)6/h9-13,15H,7-8,14H2,1-6H3/t15-/m1/s1.